The Labute approximate surface area is 180 Å². The van der Waals surface area contributed by atoms with Gasteiger partial charge in [0, 0.05) is 23.7 Å². The van der Waals surface area contributed by atoms with E-state index < -0.39 is 17.8 Å². The number of ether oxygens (including phenoxy) is 2. The van der Waals surface area contributed by atoms with Crippen LogP contribution >= 0.6 is 0 Å². The first kappa shape index (κ1) is 22.7. The second kappa shape index (κ2) is 9.91. The quantitative estimate of drug-likeness (QED) is 0.576. The molecule has 1 atom stereocenters. The molecule has 1 fully saturated rings. The monoisotopic (exact) mass is 434 g/mol. The van der Waals surface area contributed by atoms with E-state index in [0.29, 0.717) is 43.4 Å². The Morgan fingerprint density at radius 3 is 2.52 bits per heavy atom. The Hall–Kier alpha value is -2.94. The number of H-pyrrole nitrogens is 1. The van der Waals surface area contributed by atoms with Crippen molar-refractivity contribution < 1.29 is 33.1 Å². The molecular formula is C22H29FN3O5+. The summed E-state index contributed by atoms with van der Waals surface area (Å²) in [6, 6.07) is 3.64. The number of hydrogen-bond donors (Lipinski definition) is 3. The molecule has 0 unspecified atom stereocenters. The summed E-state index contributed by atoms with van der Waals surface area (Å²) in [5, 5.41) is 3.20. The Kier molecular flexibility index (Phi) is 7.27. The van der Waals surface area contributed by atoms with E-state index in [4.69, 9.17) is 9.47 Å². The van der Waals surface area contributed by atoms with Gasteiger partial charge in [-0.2, -0.15) is 0 Å². The highest BCUT2D eigenvalue weighted by molar-refractivity contribution is 6.11. The molecule has 0 bridgehead atoms. The number of rotatable bonds is 7. The van der Waals surface area contributed by atoms with E-state index in [1.54, 1.807) is 20.8 Å². The van der Waals surface area contributed by atoms with Crippen LogP contribution in [-0.2, 0) is 19.1 Å². The van der Waals surface area contributed by atoms with Gasteiger partial charge in [0.25, 0.3) is 5.91 Å². The van der Waals surface area contributed by atoms with Crippen LogP contribution in [0, 0.1) is 11.7 Å². The van der Waals surface area contributed by atoms with Crippen LogP contribution in [0.3, 0.4) is 0 Å². The maximum atomic E-state index is 13.8. The summed E-state index contributed by atoms with van der Waals surface area (Å²) in [5.41, 5.74) is 0.819. The first-order chi connectivity index (χ1) is 14.8. The number of piperidine rings is 1. The van der Waals surface area contributed by atoms with Gasteiger partial charge in [-0.05, 0) is 39.0 Å². The molecule has 2 heterocycles. The number of carbonyl (C=O) groups is 3. The van der Waals surface area contributed by atoms with Gasteiger partial charge in [0.2, 0.25) is 0 Å². The van der Waals surface area contributed by atoms with Crippen molar-refractivity contribution >= 4 is 34.4 Å². The van der Waals surface area contributed by atoms with E-state index in [-0.39, 0.29) is 35.8 Å². The largest absolute Gasteiger partial charge is 0.466 e. The minimum atomic E-state index is -0.621. The molecule has 3 N–H and O–H groups in total. The molecule has 9 heteroatoms. The molecule has 0 spiro atoms. The van der Waals surface area contributed by atoms with Crippen molar-refractivity contribution in [2.45, 2.75) is 39.7 Å². The number of amides is 1. The molecule has 0 radical (unpaired) electrons. The summed E-state index contributed by atoms with van der Waals surface area (Å²) in [6.07, 6.45) is 1.30. The summed E-state index contributed by atoms with van der Waals surface area (Å²) in [5.74, 6) is -1.70. The molecule has 1 amide bonds. The molecule has 1 aliphatic heterocycles. The lowest BCUT2D eigenvalue weighted by atomic mass is 9.96. The van der Waals surface area contributed by atoms with Gasteiger partial charge in [-0.3, -0.25) is 9.59 Å². The third-order valence-electron chi connectivity index (χ3n) is 5.74. The number of benzene rings is 1. The topological polar surface area (TPSA) is 102 Å². The first-order valence-electron chi connectivity index (χ1n) is 10.7. The lowest BCUT2D eigenvalue weighted by molar-refractivity contribution is -0.919. The van der Waals surface area contributed by atoms with Crippen molar-refractivity contribution in [3.8, 4) is 0 Å². The minimum Gasteiger partial charge on any atom is -0.466 e. The Bertz CT molecular complexity index is 965. The van der Waals surface area contributed by atoms with Gasteiger partial charge in [-0.25, -0.2) is 9.18 Å². The third kappa shape index (κ3) is 5.04. The van der Waals surface area contributed by atoms with Crippen molar-refractivity contribution in [3.05, 3.63) is 29.7 Å². The van der Waals surface area contributed by atoms with Crippen molar-refractivity contribution in [1.82, 2.24) is 4.98 Å². The van der Waals surface area contributed by atoms with Gasteiger partial charge in [0.15, 0.2) is 6.04 Å². The number of halogens is 1. The van der Waals surface area contributed by atoms with E-state index in [9.17, 15) is 18.8 Å². The Morgan fingerprint density at radius 2 is 1.87 bits per heavy atom. The molecule has 2 aromatic rings. The lowest BCUT2D eigenvalue weighted by Crippen LogP contribution is -3.17. The number of quaternary nitrogens is 1. The number of anilines is 1. The van der Waals surface area contributed by atoms with Crippen LogP contribution in [0.15, 0.2) is 18.2 Å². The van der Waals surface area contributed by atoms with Crippen LogP contribution in [0.5, 0.6) is 0 Å². The molecule has 8 nitrogen and oxygen atoms in total. The third-order valence-corrected chi connectivity index (χ3v) is 5.74. The number of aromatic nitrogens is 1. The van der Waals surface area contributed by atoms with E-state index >= 15 is 0 Å². The van der Waals surface area contributed by atoms with Gasteiger partial charge < -0.3 is 24.7 Å². The second-order valence-corrected chi connectivity index (χ2v) is 7.68. The average Bonchev–Trinajstić information content (AvgIpc) is 3.11. The standard InChI is InChI=1S/C22H28FN3O5/c1-4-30-21(28)14-8-10-26(11-9-14)13(3)20(27)25-18-16-12-15(23)6-7-17(16)24-19(18)22(29)31-5-2/h6-7,12-14,24H,4-5,8-11H2,1-3H3,(H,25,27)/p+1/t13-/m1/s1. The first-order valence-corrected chi connectivity index (χ1v) is 10.7. The second-order valence-electron chi connectivity index (χ2n) is 7.68. The highest BCUT2D eigenvalue weighted by atomic mass is 19.1. The van der Waals surface area contributed by atoms with Crippen molar-refractivity contribution in [1.29, 1.82) is 0 Å². The maximum Gasteiger partial charge on any atom is 0.356 e. The van der Waals surface area contributed by atoms with Crippen molar-refractivity contribution in [2.24, 2.45) is 5.92 Å². The molecule has 0 aliphatic carbocycles. The fourth-order valence-electron chi connectivity index (χ4n) is 3.98. The molecule has 3 rings (SSSR count). The number of aromatic amines is 1. The highest BCUT2D eigenvalue weighted by Gasteiger charge is 2.34. The Morgan fingerprint density at radius 1 is 1.19 bits per heavy atom. The fourth-order valence-corrected chi connectivity index (χ4v) is 3.98. The number of fused-ring (bicyclic) bond motifs is 1. The summed E-state index contributed by atoms with van der Waals surface area (Å²) in [7, 11) is 0. The summed E-state index contributed by atoms with van der Waals surface area (Å²) < 4.78 is 24.0. The predicted octanol–water partition coefficient (Wildman–Crippen LogP) is 1.67. The van der Waals surface area contributed by atoms with Gasteiger partial charge in [-0.1, -0.05) is 0 Å². The van der Waals surface area contributed by atoms with Gasteiger partial charge >= 0.3 is 11.9 Å². The van der Waals surface area contributed by atoms with Gasteiger partial charge in [-0.15, -0.1) is 0 Å². The number of esters is 2. The van der Waals surface area contributed by atoms with E-state index in [0.717, 1.165) is 4.90 Å². The SMILES string of the molecule is CCOC(=O)c1[nH]c2ccc(F)cc2c1NC(=O)[C@@H](C)[NH+]1CCC(C(=O)OCC)CC1. The van der Waals surface area contributed by atoms with Crippen LogP contribution < -0.4 is 10.2 Å². The van der Waals surface area contributed by atoms with Crippen molar-refractivity contribution in [3.63, 3.8) is 0 Å². The van der Waals surface area contributed by atoms with Crippen LogP contribution in [0.2, 0.25) is 0 Å². The molecular weight excluding hydrogens is 405 g/mol. The lowest BCUT2D eigenvalue weighted by Gasteiger charge is -2.31. The van der Waals surface area contributed by atoms with Crippen LogP contribution in [0.25, 0.3) is 10.9 Å². The molecule has 1 aliphatic rings. The molecule has 1 aromatic heterocycles. The fraction of sp³-hybridized carbons (Fsp3) is 0.500. The Balaban J connectivity index is 1.75. The maximum absolute atomic E-state index is 13.8. The molecule has 0 saturated carbocycles. The van der Waals surface area contributed by atoms with Gasteiger partial charge in [0.05, 0.1) is 37.9 Å². The highest BCUT2D eigenvalue weighted by Crippen LogP contribution is 2.29. The van der Waals surface area contributed by atoms with Crippen molar-refractivity contribution in [2.75, 3.05) is 31.6 Å². The van der Waals surface area contributed by atoms with Crippen LogP contribution in [0.4, 0.5) is 10.1 Å². The molecule has 31 heavy (non-hydrogen) atoms. The predicted molar refractivity (Wildman–Crippen MR) is 112 cm³/mol. The number of likely N-dealkylation sites (tertiary alicyclic amines) is 1. The normalized spacial score (nSPS) is 19.6. The number of hydrogen-bond acceptors (Lipinski definition) is 5. The average molecular weight is 434 g/mol. The molecule has 168 valence electrons. The smallest absolute Gasteiger partial charge is 0.356 e. The summed E-state index contributed by atoms with van der Waals surface area (Å²) >= 11 is 0. The zero-order chi connectivity index (χ0) is 22.5. The van der Waals surface area contributed by atoms with E-state index in [1.807, 2.05) is 0 Å². The molecule has 1 aromatic carbocycles. The number of carbonyl (C=O) groups excluding carboxylic acids is 3. The summed E-state index contributed by atoms with van der Waals surface area (Å²) in [6.45, 7) is 7.12. The molecule has 1 saturated heterocycles. The zero-order valence-electron chi connectivity index (χ0n) is 18.0. The number of nitrogens with one attached hydrogen (secondary N) is 3. The van der Waals surface area contributed by atoms with Crippen LogP contribution in [0.1, 0.15) is 44.1 Å². The summed E-state index contributed by atoms with van der Waals surface area (Å²) in [4.78, 5) is 41.3. The van der Waals surface area contributed by atoms with E-state index in [1.165, 1.54) is 18.2 Å². The minimum absolute atomic E-state index is 0.0824. The van der Waals surface area contributed by atoms with Crippen LogP contribution in [-0.4, -0.2) is 55.2 Å². The van der Waals surface area contributed by atoms with E-state index in [2.05, 4.69) is 10.3 Å². The van der Waals surface area contributed by atoms with Gasteiger partial charge in [0.1, 0.15) is 11.5 Å². The zero-order valence-corrected chi connectivity index (χ0v) is 18.0.